The Labute approximate surface area is 189 Å². The largest absolute Gasteiger partial charge is 0.355 e. The van der Waals surface area contributed by atoms with Gasteiger partial charge in [-0.2, -0.15) is 5.10 Å². The number of nitrogens with two attached hydrogens (primary N) is 1. The van der Waals surface area contributed by atoms with E-state index in [9.17, 15) is 4.79 Å². The Balaban J connectivity index is 1.47. The van der Waals surface area contributed by atoms with E-state index in [1.54, 1.807) is 0 Å². The third kappa shape index (κ3) is 3.75. The predicted octanol–water partition coefficient (Wildman–Crippen LogP) is 3.56. The van der Waals surface area contributed by atoms with Crippen LogP contribution in [0.1, 0.15) is 64.5 Å². The van der Waals surface area contributed by atoms with E-state index in [1.807, 2.05) is 34.7 Å². The lowest BCUT2D eigenvalue weighted by Gasteiger charge is -2.35. The number of piperidine rings is 1. The standard InChI is InChI=1S/C25H32N6O/c1-16-7-8-20(17(2)12-16)25(32)30-10-5-4-6-22(30)21-13-23-27-24(18(3)14-31(23)28-21)29-11-9-19(26)15-29/h7-8,12-14,19,22H,4-6,9-11,15,26H2,1-3H3/t19?,22-/m0/s1. The molecule has 1 aromatic carbocycles. The molecule has 0 radical (unpaired) electrons. The molecule has 2 aromatic heterocycles. The molecule has 32 heavy (non-hydrogen) atoms. The molecule has 1 unspecified atom stereocenters. The van der Waals surface area contributed by atoms with Crippen LogP contribution in [-0.4, -0.2) is 51.1 Å². The van der Waals surface area contributed by atoms with E-state index < -0.39 is 0 Å². The van der Waals surface area contributed by atoms with Crippen LogP contribution in [0.5, 0.6) is 0 Å². The van der Waals surface area contributed by atoms with Gasteiger partial charge in [0.15, 0.2) is 5.65 Å². The summed E-state index contributed by atoms with van der Waals surface area (Å²) in [6.07, 6.45) is 6.08. The molecular formula is C25H32N6O. The molecule has 5 rings (SSSR count). The lowest BCUT2D eigenvalue weighted by atomic mass is 9.97. The SMILES string of the molecule is Cc1ccc(C(=O)N2CCCC[C@H]2c2cc3nc(N4CCC(N)C4)c(C)cn3n2)c(C)c1. The Morgan fingerprint density at radius 2 is 1.91 bits per heavy atom. The molecule has 2 saturated heterocycles. The lowest BCUT2D eigenvalue weighted by Crippen LogP contribution is -2.39. The molecule has 1 amide bonds. The molecule has 168 valence electrons. The van der Waals surface area contributed by atoms with Crippen LogP contribution in [0.15, 0.2) is 30.5 Å². The highest BCUT2D eigenvalue weighted by atomic mass is 16.2. The van der Waals surface area contributed by atoms with Gasteiger partial charge < -0.3 is 15.5 Å². The summed E-state index contributed by atoms with van der Waals surface area (Å²) in [5.74, 6) is 1.09. The van der Waals surface area contributed by atoms with Crippen LogP contribution < -0.4 is 10.6 Å². The van der Waals surface area contributed by atoms with Crippen LogP contribution >= 0.6 is 0 Å². The fourth-order valence-corrected chi connectivity index (χ4v) is 5.17. The molecule has 4 heterocycles. The average molecular weight is 433 g/mol. The first kappa shape index (κ1) is 20.9. The maximum Gasteiger partial charge on any atom is 0.254 e. The first-order valence-corrected chi connectivity index (χ1v) is 11.7. The molecule has 2 N–H and O–H groups in total. The molecule has 2 aliphatic heterocycles. The van der Waals surface area contributed by atoms with E-state index in [-0.39, 0.29) is 18.0 Å². The second-order valence-corrected chi connectivity index (χ2v) is 9.44. The zero-order valence-electron chi connectivity index (χ0n) is 19.2. The molecule has 7 heteroatoms. The van der Waals surface area contributed by atoms with Gasteiger partial charge in [0.2, 0.25) is 0 Å². The summed E-state index contributed by atoms with van der Waals surface area (Å²) in [5.41, 5.74) is 11.9. The molecule has 0 spiro atoms. The van der Waals surface area contributed by atoms with E-state index in [1.165, 1.54) is 5.56 Å². The van der Waals surface area contributed by atoms with Crippen LogP contribution in [0.25, 0.3) is 5.65 Å². The van der Waals surface area contributed by atoms with Crippen molar-refractivity contribution in [3.05, 3.63) is 58.4 Å². The number of carbonyl (C=O) groups is 1. The van der Waals surface area contributed by atoms with Gasteiger partial charge in [0.05, 0.1) is 11.7 Å². The van der Waals surface area contributed by atoms with Gasteiger partial charge >= 0.3 is 0 Å². The minimum Gasteiger partial charge on any atom is -0.355 e. The maximum atomic E-state index is 13.5. The van der Waals surface area contributed by atoms with Gasteiger partial charge in [0, 0.05) is 49.1 Å². The number of aromatic nitrogens is 3. The summed E-state index contributed by atoms with van der Waals surface area (Å²) in [5, 5.41) is 4.86. The highest BCUT2D eigenvalue weighted by Gasteiger charge is 2.31. The monoisotopic (exact) mass is 432 g/mol. The number of likely N-dealkylation sites (tertiary alicyclic amines) is 1. The van der Waals surface area contributed by atoms with Gasteiger partial charge in [0.25, 0.3) is 5.91 Å². The molecule has 0 saturated carbocycles. The summed E-state index contributed by atoms with van der Waals surface area (Å²) in [6.45, 7) is 8.68. The number of amides is 1. The highest BCUT2D eigenvalue weighted by Crippen LogP contribution is 2.33. The smallest absolute Gasteiger partial charge is 0.254 e. The number of rotatable bonds is 3. The summed E-state index contributed by atoms with van der Waals surface area (Å²) in [6, 6.07) is 8.29. The third-order valence-corrected chi connectivity index (χ3v) is 6.87. The van der Waals surface area contributed by atoms with Crippen LogP contribution in [0, 0.1) is 20.8 Å². The summed E-state index contributed by atoms with van der Waals surface area (Å²) in [4.78, 5) is 22.7. The van der Waals surface area contributed by atoms with Gasteiger partial charge in [-0.15, -0.1) is 0 Å². The maximum absolute atomic E-state index is 13.5. The zero-order chi connectivity index (χ0) is 22.4. The number of aryl methyl sites for hydroxylation is 3. The highest BCUT2D eigenvalue weighted by molar-refractivity contribution is 5.96. The van der Waals surface area contributed by atoms with Crippen molar-refractivity contribution in [2.24, 2.45) is 5.73 Å². The van der Waals surface area contributed by atoms with Gasteiger partial charge in [-0.25, -0.2) is 9.50 Å². The minimum atomic E-state index is -0.0254. The Morgan fingerprint density at radius 1 is 1.06 bits per heavy atom. The number of nitrogens with zero attached hydrogens (tertiary/aromatic N) is 5. The van der Waals surface area contributed by atoms with Crippen molar-refractivity contribution in [3.8, 4) is 0 Å². The van der Waals surface area contributed by atoms with Crippen molar-refractivity contribution in [1.82, 2.24) is 19.5 Å². The average Bonchev–Trinajstić information content (AvgIpc) is 3.38. The van der Waals surface area contributed by atoms with E-state index in [4.69, 9.17) is 15.8 Å². The molecule has 0 aliphatic carbocycles. The number of hydrogen-bond acceptors (Lipinski definition) is 5. The second-order valence-electron chi connectivity index (χ2n) is 9.44. The predicted molar refractivity (Wildman–Crippen MR) is 126 cm³/mol. The minimum absolute atomic E-state index is 0.0254. The number of benzene rings is 1. The molecule has 0 bridgehead atoms. The van der Waals surface area contributed by atoms with Gasteiger partial charge in [-0.05, 0) is 58.1 Å². The second kappa shape index (κ2) is 8.20. The molecule has 2 aliphatic rings. The van der Waals surface area contributed by atoms with Crippen molar-refractivity contribution in [1.29, 1.82) is 0 Å². The van der Waals surface area contributed by atoms with Gasteiger partial charge in [-0.1, -0.05) is 17.7 Å². The Morgan fingerprint density at radius 3 is 2.66 bits per heavy atom. The van der Waals surface area contributed by atoms with Crippen molar-refractivity contribution in [2.45, 2.75) is 58.5 Å². The van der Waals surface area contributed by atoms with E-state index >= 15 is 0 Å². The number of hydrogen-bond donors (Lipinski definition) is 1. The van der Waals surface area contributed by atoms with E-state index in [0.717, 1.165) is 79.2 Å². The lowest BCUT2D eigenvalue weighted by molar-refractivity contribution is 0.0605. The van der Waals surface area contributed by atoms with Crippen molar-refractivity contribution >= 4 is 17.4 Å². The quantitative estimate of drug-likeness (QED) is 0.685. The van der Waals surface area contributed by atoms with Crippen LogP contribution in [0.4, 0.5) is 5.82 Å². The Bertz CT molecular complexity index is 1170. The molecule has 2 fully saturated rings. The molecule has 7 nitrogen and oxygen atoms in total. The number of fused-ring (bicyclic) bond motifs is 1. The first-order valence-electron chi connectivity index (χ1n) is 11.7. The number of anilines is 1. The van der Waals surface area contributed by atoms with Crippen LogP contribution in [0.2, 0.25) is 0 Å². The van der Waals surface area contributed by atoms with Crippen molar-refractivity contribution in [2.75, 3.05) is 24.5 Å². The van der Waals surface area contributed by atoms with Crippen molar-refractivity contribution < 1.29 is 4.79 Å². The van der Waals surface area contributed by atoms with Crippen molar-refractivity contribution in [3.63, 3.8) is 0 Å². The molecular weight excluding hydrogens is 400 g/mol. The number of carbonyl (C=O) groups excluding carboxylic acids is 1. The normalized spacial score (nSPS) is 21.5. The summed E-state index contributed by atoms with van der Waals surface area (Å²) in [7, 11) is 0. The Hall–Kier alpha value is -2.93. The van der Waals surface area contributed by atoms with E-state index in [2.05, 4.69) is 30.9 Å². The Kier molecular flexibility index (Phi) is 5.37. The fraction of sp³-hybridized carbons (Fsp3) is 0.480. The van der Waals surface area contributed by atoms with Gasteiger partial charge in [-0.3, -0.25) is 4.79 Å². The first-order chi connectivity index (χ1) is 15.4. The molecule has 3 aromatic rings. The fourth-order valence-electron chi connectivity index (χ4n) is 5.17. The van der Waals surface area contributed by atoms with Gasteiger partial charge in [0.1, 0.15) is 5.82 Å². The van der Waals surface area contributed by atoms with Crippen LogP contribution in [0.3, 0.4) is 0 Å². The summed E-state index contributed by atoms with van der Waals surface area (Å²) < 4.78 is 1.86. The van der Waals surface area contributed by atoms with Crippen LogP contribution in [-0.2, 0) is 0 Å². The zero-order valence-corrected chi connectivity index (χ0v) is 19.2. The molecule has 2 atom stereocenters. The topological polar surface area (TPSA) is 79.8 Å². The summed E-state index contributed by atoms with van der Waals surface area (Å²) >= 11 is 0. The third-order valence-electron chi connectivity index (χ3n) is 6.87. The van der Waals surface area contributed by atoms with E-state index in [0.29, 0.717) is 0 Å².